The van der Waals surface area contributed by atoms with E-state index in [2.05, 4.69) is 77.9 Å². The maximum atomic E-state index is 6.25. The third kappa shape index (κ3) is 5.52. The molecular weight excluding hydrogens is 314 g/mol. The molecular formula is C16H28BrN3. The molecule has 0 fully saturated rings. The number of nitrogens with two attached hydrogens (primary N) is 1. The number of benzene rings is 1. The van der Waals surface area contributed by atoms with Crippen LogP contribution in [0.3, 0.4) is 0 Å². The quantitative estimate of drug-likeness (QED) is 0.788. The van der Waals surface area contributed by atoms with E-state index in [0.717, 1.165) is 24.1 Å². The molecule has 114 valence electrons. The highest BCUT2D eigenvalue weighted by Gasteiger charge is 2.22. The Kier molecular flexibility index (Phi) is 7.74. The summed E-state index contributed by atoms with van der Waals surface area (Å²) in [7, 11) is 4.24. The predicted octanol–water partition coefficient (Wildman–Crippen LogP) is 3.11. The highest BCUT2D eigenvalue weighted by molar-refractivity contribution is 9.10. The van der Waals surface area contributed by atoms with Gasteiger partial charge < -0.3 is 10.6 Å². The van der Waals surface area contributed by atoms with Crippen LogP contribution in [0.4, 0.5) is 0 Å². The van der Waals surface area contributed by atoms with Gasteiger partial charge in [0.2, 0.25) is 0 Å². The van der Waals surface area contributed by atoms with E-state index in [1.54, 1.807) is 0 Å². The van der Waals surface area contributed by atoms with Crippen molar-refractivity contribution in [2.75, 3.05) is 33.7 Å². The lowest BCUT2D eigenvalue weighted by molar-refractivity contribution is 0.177. The van der Waals surface area contributed by atoms with Gasteiger partial charge in [-0.2, -0.15) is 0 Å². The maximum absolute atomic E-state index is 6.25. The molecule has 0 amide bonds. The number of halogens is 1. The summed E-state index contributed by atoms with van der Waals surface area (Å²) in [6.07, 6.45) is 1.17. The largest absolute Gasteiger partial charge is 0.326 e. The van der Waals surface area contributed by atoms with Gasteiger partial charge in [-0.15, -0.1) is 0 Å². The normalized spacial score (nSPS) is 14.8. The van der Waals surface area contributed by atoms with Gasteiger partial charge in [-0.1, -0.05) is 35.0 Å². The van der Waals surface area contributed by atoms with Gasteiger partial charge in [0.05, 0.1) is 0 Å². The molecule has 0 aliphatic heterocycles. The number of nitrogens with zero attached hydrogens (tertiary/aromatic N) is 2. The summed E-state index contributed by atoms with van der Waals surface area (Å²) in [4.78, 5) is 4.71. The SMILES string of the molecule is CCN(CCCN(C)C)C(c1ccc(Br)cc1)C(C)N. The van der Waals surface area contributed by atoms with Gasteiger partial charge in [-0.25, -0.2) is 0 Å². The van der Waals surface area contributed by atoms with E-state index in [-0.39, 0.29) is 12.1 Å². The number of hydrogen-bond acceptors (Lipinski definition) is 3. The van der Waals surface area contributed by atoms with Crippen LogP contribution in [0.5, 0.6) is 0 Å². The van der Waals surface area contributed by atoms with Crippen molar-refractivity contribution < 1.29 is 0 Å². The van der Waals surface area contributed by atoms with Crippen LogP contribution in [0.15, 0.2) is 28.7 Å². The van der Waals surface area contributed by atoms with Crippen LogP contribution < -0.4 is 5.73 Å². The van der Waals surface area contributed by atoms with Crippen molar-refractivity contribution in [3.05, 3.63) is 34.3 Å². The maximum Gasteiger partial charge on any atom is 0.0496 e. The predicted molar refractivity (Wildman–Crippen MR) is 91.0 cm³/mol. The van der Waals surface area contributed by atoms with Crippen molar-refractivity contribution in [2.24, 2.45) is 5.73 Å². The smallest absolute Gasteiger partial charge is 0.0496 e. The molecule has 0 bridgehead atoms. The Morgan fingerprint density at radius 2 is 1.75 bits per heavy atom. The van der Waals surface area contributed by atoms with Gasteiger partial charge >= 0.3 is 0 Å². The zero-order chi connectivity index (χ0) is 15.1. The molecule has 2 atom stereocenters. The third-order valence-electron chi connectivity index (χ3n) is 3.56. The summed E-state index contributed by atoms with van der Waals surface area (Å²) in [6.45, 7) is 7.53. The molecule has 2 unspecified atom stereocenters. The molecule has 2 N–H and O–H groups in total. The van der Waals surface area contributed by atoms with E-state index in [0.29, 0.717) is 0 Å². The van der Waals surface area contributed by atoms with E-state index >= 15 is 0 Å². The Balaban J connectivity index is 2.78. The highest BCUT2D eigenvalue weighted by Crippen LogP contribution is 2.25. The van der Waals surface area contributed by atoms with E-state index < -0.39 is 0 Å². The Bertz CT molecular complexity index is 376. The molecule has 0 saturated carbocycles. The molecule has 0 heterocycles. The first-order valence-corrected chi connectivity index (χ1v) is 8.14. The summed E-state index contributed by atoms with van der Waals surface area (Å²) in [5.74, 6) is 0. The van der Waals surface area contributed by atoms with Gasteiger partial charge in [0.25, 0.3) is 0 Å². The third-order valence-corrected chi connectivity index (χ3v) is 4.09. The van der Waals surface area contributed by atoms with E-state index in [4.69, 9.17) is 5.73 Å². The molecule has 4 heteroatoms. The van der Waals surface area contributed by atoms with Gasteiger partial charge in [-0.05, 0) is 58.2 Å². The van der Waals surface area contributed by atoms with Gasteiger partial charge in [0.15, 0.2) is 0 Å². The standard InChI is InChI=1S/C16H28BrN3/c1-5-20(12-6-11-19(3)4)16(13(2)18)14-7-9-15(17)10-8-14/h7-10,13,16H,5-6,11-12,18H2,1-4H3. The Morgan fingerprint density at radius 3 is 2.20 bits per heavy atom. The summed E-state index contributed by atoms with van der Waals surface area (Å²) in [5, 5.41) is 0. The first-order valence-electron chi connectivity index (χ1n) is 7.35. The van der Waals surface area contributed by atoms with Crippen LogP contribution in [-0.2, 0) is 0 Å². The molecule has 0 saturated heterocycles. The monoisotopic (exact) mass is 341 g/mol. The van der Waals surface area contributed by atoms with Crippen LogP contribution in [0, 0.1) is 0 Å². The van der Waals surface area contributed by atoms with Crippen molar-refractivity contribution in [3.8, 4) is 0 Å². The molecule has 20 heavy (non-hydrogen) atoms. The molecule has 0 aromatic heterocycles. The lowest BCUT2D eigenvalue weighted by Crippen LogP contribution is -2.40. The molecule has 0 aliphatic carbocycles. The van der Waals surface area contributed by atoms with E-state index in [1.165, 1.54) is 12.0 Å². The first-order chi connectivity index (χ1) is 9.45. The fraction of sp³-hybridized carbons (Fsp3) is 0.625. The fourth-order valence-electron chi connectivity index (χ4n) is 2.59. The Hall–Kier alpha value is -0.420. The van der Waals surface area contributed by atoms with Gasteiger partial charge in [0, 0.05) is 23.1 Å². The van der Waals surface area contributed by atoms with Crippen molar-refractivity contribution in [1.82, 2.24) is 9.80 Å². The van der Waals surface area contributed by atoms with Crippen molar-refractivity contribution in [1.29, 1.82) is 0 Å². The Labute approximate surface area is 132 Å². The van der Waals surface area contributed by atoms with Crippen molar-refractivity contribution >= 4 is 15.9 Å². The van der Waals surface area contributed by atoms with E-state index in [1.807, 2.05) is 0 Å². The minimum atomic E-state index is 0.121. The lowest BCUT2D eigenvalue weighted by atomic mass is 9.99. The molecule has 1 aromatic rings. The fourth-order valence-corrected chi connectivity index (χ4v) is 2.86. The van der Waals surface area contributed by atoms with Gasteiger partial charge in [0.1, 0.15) is 0 Å². The summed E-state index contributed by atoms with van der Waals surface area (Å²) < 4.78 is 1.11. The molecule has 0 aliphatic rings. The van der Waals surface area contributed by atoms with Crippen LogP contribution >= 0.6 is 15.9 Å². The lowest BCUT2D eigenvalue weighted by Gasteiger charge is -2.34. The minimum Gasteiger partial charge on any atom is -0.326 e. The number of hydrogen-bond donors (Lipinski definition) is 1. The topological polar surface area (TPSA) is 32.5 Å². The van der Waals surface area contributed by atoms with Crippen LogP contribution in [0.25, 0.3) is 0 Å². The number of rotatable bonds is 8. The molecule has 3 nitrogen and oxygen atoms in total. The summed E-state index contributed by atoms with van der Waals surface area (Å²) >= 11 is 3.49. The van der Waals surface area contributed by atoms with Crippen molar-refractivity contribution in [3.63, 3.8) is 0 Å². The molecule has 1 aromatic carbocycles. The van der Waals surface area contributed by atoms with Crippen LogP contribution in [0.2, 0.25) is 0 Å². The second-order valence-corrected chi connectivity index (χ2v) is 6.56. The van der Waals surface area contributed by atoms with Gasteiger partial charge in [-0.3, -0.25) is 4.90 Å². The molecule has 0 spiro atoms. The summed E-state index contributed by atoms with van der Waals surface area (Å²) in [6, 6.07) is 8.95. The Morgan fingerprint density at radius 1 is 1.15 bits per heavy atom. The molecule has 0 radical (unpaired) electrons. The zero-order valence-electron chi connectivity index (χ0n) is 13.1. The second kappa shape index (κ2) is 8.78. The van der Waals surface area contributed by atoms with Crippen molar-refractivity contribution in [2.45, 2.75) is 32.4 Å². The van der Waals surface area contributed by atoms with E-state index in [9.17, 15) is 0 Å². The van der Waals surface area contributed by atoms with Crippen LogP contribution in [0.1, 0.15) is 31.9 Å². The second-order valence-electron chi connectivity index (χ2n) is 5.64. The average molecular weight is 342 g/mol. The zero-order valence-corrected chi connectivity index (χ0v) is 14.7. The highest BCUT2D eigenvalue weighted by atomic mass is 79.9. The number of likely N-dealkylation sites (N-methyl/N-ethyl adjacent to an activating group) is 1. The summed E-state index contributed by atoms with van der Waals surface area (Å²) in [5.41, 5.74) is 7.55. The average Bonchev–Trinajstić information content (AvgIpc) is 2.38. The molecule has 1 rings (SSSR count). The first kappa shape index (κ1) is 17.6. The van der Waals surface area contributed by atoms with Crippen LogP contribution in [-0.4, -0.2) is 49.6 Å². The minimum absolute atomic E-state index is 0.121.